The standard InChI is InChI=1S/C19H26N4O4S/c1-20-16(24)11-13-17(25)22-7-8-23(13)18(26)15-10-12-14(28-15)2-9-27-19(12)3-5-21-6-4-19/h10,13,21H,2-9,11H2,1H3,(H,20,24)(H,22,25). The van der Waals surface area contributed by atoms with E-state index in [4.69, 9.17) is 4.74 Å². The Kier molecular flexibility index (Phi) is 5.39. The summed E-state index contributed by atoms with van der Waals surface area (Å²) >= 11 is 1.51. The van der Waals surface area contributed by atoms with Gasteiger partial charge in [-0.05, 0) is 37.6 Å². The van der Waals surface area contributed by atoms with Crippen molar-refractivity contribution in [3.63, 3.8) is 0 Å². The average Bonchev–Trinajstić information content (AvgIpc) is 3.15. The third-order valence-electron chi connectivity index (χ3n) is 5.88. The van der Waals surface area contributed by atoms with Crippen LogP contribution in [0.15, 0.2) is 6.07 Å². The van der Waals surface area contributed by atoms with Crippen LogP contribution in [0.3, 0.4) is 0 Å². The highest BCUT2D eigenvalue weighted by molar-refractivity contribution is 7.14. The molecule has 152 valence electrons. The van der Waals surface area contributed by atoms with Crippen LogP contribution in [-0.2, 0) is 26.3 Å². The molecule has 0 aliphatic carbocycles. The van der Waals surface area contributed by atoms with Crippen LogP contribution in [0.2, 0.25) is 0 Å². The van der Waals surface area contributed by atoms with Gasteiger partial charge >= 0.3 is 0 Å². The average molecular weight is 407 g/mol. The normalized spacial score (nSPS) is 23.8. The van der Waals surface area contributed by atoms with E-state index in [0.717, 1.165) is 37.9 Å². The van der Waals surface area contributed by atoms with Crippen molar-refractivity contribution in [1.82, 2.24) is 20.9 Å². The molecule has 4 rings (SSSR count). The van der Waals surface area contributed by atoms with Crippen molar-refractivity contribution in [2.45, 2.75) is 37.3 Å². The van der Waals surface area contributed by atoms with Crippen molar-refractivity contribution in [2.75, 3.05) is 39.8 Å². The third kappa shape index (κ3) is 3.42. The van der Waals surface area contributed by atoms with Crippen molar-refractivity contribution >= 4 is 29.1 Å². The first-order valence-corrected chi connectivity index (χ1v) is 10.6. The highest BCUT2D eigenvalue weighted by atomic mass is 32.1. The van der Waals surface area contributed by atoms with E-state index >= 15 is 0 Å². The molecule has 28 heavy (non-hydrogen) atoms. The second kappa shape index (κ2) is 7.81. The van der Waals surface area contributed by atoms with Gasteiger partial charge in [-0.3, -0.25) is 14.4 Å². The maximum Gasteiger partial charge on any atom is 0.264 e. The Bertz CT molecular complexity index is 787. The Morgan fingerprint density at radius 1 is 1.36 bits per heavy atom. The lowest BCUT2D eigenvalue weighted by atomic mass is 9.83. The summed E-state index contributed by atoms with van der Waals surface area (Å²) in [6, 6.07) is 1.19. The van der Waals surface area contributed by atoms with Gasteiger partial charge in [0, 0.05) is 31.4 Å². The van der Waals surface area contributed by atoms with E-state index in [1.807, 2.05) is 6.07 Å². The molecule has 3 aliphatic rings. The van der Waals surface area contributed by atoms with Gasteiger partial charge in [0.2, 0.25) is 11.8 Å². The maximum atomic E-state index is 13.3. The zero-order valence-corrected chi connectivity index (χ0v) is 16.8. The van der Waals surface area contributed by atoms with Crippen LogP contribution in [0.25, 0.3) is 0 Å². The molecular formula is C19H26N4O4S. The van der Waals surface area contributed by atoms with E-state index in [-0.39, 0.29) is 29.7 Å². The van der Waals surface area contributed by atoms with E-state index < -0.39 is 6.04 Å². The van der Waals surface area contributed by atoms with Crippen LogP contribution in [0.1, 0.15) is 39.4 Å². The fourth-order valence-electron chi connectivity index (χ4n) is 4.35. The lowest BCUT2D eigenvalue weighted by molar-refractivity contribution is -0.132. The number of piperidine rings is 1. The largest absolute Gasteiger partial charge is 0.370 e. The smallest absolute Gasteiger partial charge is 0.264 e. The number of fused-ring (bicyclic) bond motifs is 2. The first-order valence-electron chi connectivity index (χ1n) is 9.81. The highest BCUT2D eigenvalue weighted by Gasteiger charge is 2.42. The molecule has 9 heteroatoms. The summed E-state index contributed by atoms with van der Waals surface area (Å²) in [6.45, 7) is 3.28. The van der Waals surface area contributed by atoms with Gasteiger partial charge in [-0.25, -0.2) is 0 Å². The molecule has 0 aromatic carbocycles. The van der Waals surface area contributed by atoms with E-state index in [0.29, 0.717) is 24.6 Å². The highest BCUT2D eigenvalue weighted by Crippen LogP contribution is 2.43. The van der Waals surface area contributed by atoms with Crippen LogP contribution in [-0.4, -0.2) is 68.5 Å². The Labute approximate surface area is 168 Å². The summed E-state index contributed by atoms with van der Waals surface area (Å²) in [6.07, 6.45) is 2.58. The second-order valence-electron chi connectivity index (χ2n) is 7.47. The van der Waals surface area contributed by atoms with Crippen molar-refractivity contribution in [3.05, 3.63) is 21.4 Å². The predicted molar refractivity (Wildman–Crippen MR) is 104 cm³/mol. The monoisotopic (exact) mass is 406 g/mol. The third-order valence-corrected chi connectivity index (χ3v) is 7.06. The van der Waals surface area contributed by atoms with E-state index in [2.05, 4.69) is 16.0 Å². The van der Waals surface area contributed by atoms with Crippen molar-refractivity contribution in [3.8, 4) is 0 Å². The Balaban J connectivity index is 1.61. The fraction of sp³-hybridized carbons (Fsp3) is 0.632. The van der Waals surface area contributed by atoms with Gasteiger partial charge in [0.05, 0.1) is 23.5 Å². The number of rotatable bonds is 3. The zero-order valence-electron chi connectivity index (χ0n) is 16.0. The lowest BCUT2D eigenvalue weighted by Crippen LogP contribution is -2.58. The summed E-state index contributed by atoms with van der Waals surface area (Å²) < 4.78 is 6.20. The van der Waals surface area contributed by atoms with Gasteiger partial charge in [-0.2, -0.15) is 0 Å². The minimum Gasteiger partial charge on any atom is -0.370 e. The number of piperazine rings is 1. The minimum absolute atomic E-state index is 0.0299. The number of carbonyl (C=O) groups is 3. The molecule has 0 bridgehead atoms. The molecule has 0 radical (unpaired) electrons. The van der Waals surface area contributed by atoms with Crippen molar-refractivity contribution in [2.24, 2.45) is 0 Å². The Morgan fingerprint density at radius 3 is 2.89 bits per heavy atom. The molecule has 1 aromatic rings. The summed E-state index contributed by atoms with van der Waals surface area (Å²) in [7, 11) is 1.53. The van der Waals surface area contributed by atoms with Gasteiger partial charge in [-0.15, -0.1) is 11.3 Å². The molecule has 3 aliphatic heterocycles. The lowest BCUT2D eigenvalue weighted by Gasteiger charge is -2.40. The molecule has 2 fully saturated rings. The number of nitrogens with one attached hydrogen (secondary N) is 3. The Hall–Kier alpha value is -1.97. The van der Waals surface area contributed by atoms with Crippen LogP contribution in [0.4, 0.5) is 0 Å². The molecular weight excluding hydrogens is 380 g/mol. The molecule has 3 amide bonds. The quantitative estimate of drug-likeness (QED) is 0.655. The molecule has 0 saturated carbocycles. The number of hydrogen-bond acceptors (Lipinski definition) is 6. The summed E-state index contributed by atoms with van der Waals surface area (Å²) in [5.74, 6) is -0.706. The number of amides is 3. The molecule has 1 aromatic heterocycles. The van der Waals surface area contributed by atoms with Crippen molar-refractivity contribution in [1.29, 1.82) is 0 Å². The van der Waals surface area contributed by atoms with E-state index in [1.54, 1.807) is 4.90 Å². The molecule has 1 atom stereocenters. The molecule has 8 nitrogen and oxygen atoms in total. The first kappa shape index (κ1) is 19.4. The minimum atomic E-state index is -0.774. The zero-order chi connectivity index (χ0) is 19.7. The van der Waals surface area contributed by atoms with Crippen molar-refractivity contribution < 1.29 is 19.1 Å². The maximum absolute atomic E-state index is 13.3. The van der Waals surface area contributed by atoms with Gasteiger partial charge in [0.25, 0.3) is 5.91 Å². The van der Waals surface area contributed by atoms with Gasteiger partial charge in [0.1, 0.15) is 6.04 Å². The van der Waals surface area contributed by atoms with Crippen LogP contribution in [0.5, 0.6) is 0 Å². The van der Waals surface area contributed by atoms with Crippen LogP contribution >= 0.6 is 11.3 Å². The first-order chi connectivity index (χ1) is 13.5. The van der Waals surface area contributed by atoms with Crippen LogP contribution in [0, 0.1) is 0 Å². The second-order valence-corrected chi connectivity index (χ2v) is 8.61. The van der Waals surface area contributed by atoms with Crippen LogP contribution < -0.4 is 16.0 Å². The van der Waals surface area contributed by atoms with Gasteiger partial charge < -0.3 is 25.6 Å². The number of carbonyl (C=O) groups excluding carboxylic acids is 3. The number of thiophene rings is 1. The van der Waals surface area contributed by atoms with E-state index in [1.165, 1.54) is 23.3 Å². The SMILES string of the molecule is CNC(=O)CC1C(=O)NCCN1C(=O)c1cc2c(s1)CCOC21CCNCC1. The summed E-state index contributed by atoms with van der Waals surface area (Å²) in [4.78, 5) is 40.8. The summed E-state index contributed by atoms with van der Waals surface area (Å²) in [5, 5.41) is 8.66. The van der Waals surface area contributed by atoms with Gasteiger partial charge in [-0.1, -0.05) is 0 Å². The van der Waals surface area contributed by atoms with E-state index in [9.17, 15) is 14.4 Å². The molecule has 2 saturated heterocycles. The predicted octanol–water partition coefficient (Wildman–Crippen LogP) is -0.0238. The Morgan fingerprint density at radius 2 is 2.14 bits per heavy atom. The number of hydrogen-bond donors (Lipinski definition) is 3. The molecule has 4 heterocycles. The number of nitrogens with zero attached hydrogens (tertiary/aromatic N) is 1. The number of ether oxygens (including phenoxy) is 1. The van der Waals surface area contributed by atoms with Gasteiger partial charge in [0.15, 0.2) is 0 Å². The molecule has 1 unspecified atom stereocenters. The topological polar surface area (TPSA) is 99.8 Å². The fourth-order valence-corrected chi connectivity index (χ4v) is 5.53. The molecule has 1 spiro atoms. The molecule has 3 N–H and O–H groups in total. The summed E-state index contributed by atoms with van der Waals surface area (Å²) in [5.41, 5.74) is 0.840.